The Kier molecular flexibility index (Phi) is 7.42. The summed E-state index contributed by atoms with van der Waals surface area (Å²) in [5, 5.41) is 5.69. The molecule has 2 amide bonds. The van der Waals surface area contributed by atoms with Crippen LogP contribution in [-0.2, 0) is 4.79 Å². The number of thioether (sulfide) groups is 1. The van der Waals surface area contributed by atoms with E-state index in [-0.39, 0.29) is 17.6 Å². The fourth-order valence-electron chi connectivity index (χ4n) is 3.28. The Hall–Kier alpha value is -2.41. The highest BCUT2D eigenvalue weighted by atomic mass is 32.2. The Morgan fingerprint density at radius 3 is 2.54 bits per heavy atom. The third-order valence-corrected chi connectivity index (χ3v) is 5.48. The molecule has 0 spiro atoms. The zero-order valence-electron chi connectivity index (χ0n) is 16.1. The third kappa shape index (κ3) is 5.55. The Morgan fingerprint density at radius 2 is 1.89 bits per heavy atom. The summed E-state index contributed by atoms with van der Waals surface area (Å²) in [4.78, 5) is 27.4. The number of anilines is 2. The van der Waals surface area contributed by atoms with Gasteiger partial charge in [-0.3, -0.25) is 9.59 Å². The minimum Gasteiger partial charge on any atom is -0.459 e. The van der Waals surface area contributed by atoms with Crippen molar-refractivity contribution in [1.29, 1.82) is 0 Å². The van der Waals surface area contributed by atoms with Crippen LogP contribution in [0.25, 0.3) is 0 Å². The van der Waals surface area contributed by atoms with E-state index >= 15 is 0 Å². The molecular weight excluding hydrogens is 374 g/mol. The van der Waals surface area contributed by atoms with E-state index in [0.29, 0.717) is 6.42 Å². The Labute approximate surface area is 170 Å². The highest BCUT2D eigenvalue weighted by Gasteiger charge is 2.22. The van der Waals surface area contributed by atoms with E-state index in [1.54, 1.807) is 23.9 Å². The smallest absolute Gasteiger partial charge is 0.287 e. The lowest BCUT2D eigenvalue weighted by atomic mass is 10.1. The number of nitrogens with one attached hydrogen (secondary N) is 2. The largest absolute Gasteiger partial charge is 0.459 e. The first-order valence-electron chi connectivity index (χ1n) is 9.66. The minimum absolute atomic E-state index is 0.202. The van der Waals surface area contributed by atoms with Gasteiger partial charge in [0.25, 0.3) is 5.91 Å². The van der Waals surface area contributed by atoms with Crippen LogP contribution in [0.1, 0.15) is 36.2 Å². The molecule has 7 heteroatoms. The molecule has 1 fully saturated rings. The second-order valence-electron chi connectivity index (χ2n) is 6.87. The quantitative estimate of drug-likeness (QED) is 0.704. The maximum atomic E-state index is 12.7. The second-order valence-corrected chi connectivity index (χ2v) is 7.85. The number of carbonyl (C=O) groups excluding carboxylic acids is 2. The molecule has 0 bridgehead atoms. The summed E-state index contributed by atoms with van der Waals surface area (Å²) in [7, 11) is 0. The molecule has 28 heavy (non-hydrogen) atoms. The van der Waals surface area contributed by atoms with E-state index in [1.807, 2.05) is 30.5 Å². The van der Waals surface area contributed by atoms with Crippen LogP contribution in [0.4, 0.5) is 11.4 Å². The standard InChI is InChI=1S/C21H27N3O3S/c1-28-15-11-18(23-21(26)19-6-5-14-27-19)20(25)22-16-7-9-17(10-8-16)24-12-3-2-4-13-24/h5-10,14,18H,2-4,11-13,15H2,1H3,(H,22,25)(H,23,26). The first kappa shape index (κ1) is 20.3. The highest BCUT2D eigenvalue weighted by Crippen LogP contribution is 2.22. The van der Waals surface area contributed by atoms with Crippen molar-refractivity contribution in [2.24, 2.45) is 0 Å². The molecule has 1 atom stereocenters. The van der Waals surface area contributed by atoms with E-state index in [4.69, 9.17) is 4.42 Å². The number of amides is 2. The van der Waals surface area contributed by atoms with Gasteiger partial charge < -0.3 is 20.0 Å². The fraction of sp³-hybridized carbons (Fsp3) is 0.429. The van der Waals surface area contributed by atoms with Gasteiger partial charge in [-0.1, -0.05) is 0 Å². The summed E-state index contributed by atoms with van der Waals surface area (Å²) >= 11 is 1.64. The molecule has 2 N–H and O–H groups in total. The van der Waals surface area contributed by atoms with Crippen LogP contribution in [0.5, 0.6) is 0 Å². The minimum atomic E-state index is -0.619. The molecule has 0 aliphatic carbocycles. The average molecular weight is 402 g/mol. The lowest BCUT2D eigenvalue weighted by Crippen LogP contribution is -2.44. The fourth-order valence-corrected chi connectivity index (χ4v) is 3.75. The number of hydrogen-bond acceptors (Lipinski definition) is 5. The molecule has 1 aliphatic rings. The lowest BCUT2D eigenvalue weighted by Gasteiger charge is -2.29. The molecule has 0 saturated carbocycles. The van der Waals surface area contributed by atoms with Crippen molar-refractivity contribution in [3.05, 3.63) is 48.4 Å². The van der Waals surface area contributed by atoms with E-state index in [2.05, 4.69) is 15.5 Å². The van der Waals surface area contributed by atoms with Crippen molar-refractivity contribution in [3.8, 4) is 0 Å². The molecule has 6 nitrogen and oxygen atoms in total. The number of hydrogen-bond donors (Lipinski definition) is 2. The van der Waals surface area contributed by atoms with Crippen molar-refractivity contribution < 1.29 is 14.0 Å². The number of rotatable bonds is 8. The third-order valence-electron chi connectivity index (χ3n) is 4.83. The van der Waals surface area contributed by atoms with Crippen LogP contribution in [0, 0.1) is 0 Å². The van der Waals surface area contributed by atoms with E-state index in [0.717, 1.165) is 24.5 Å². The number of furan rings is 1. The summed E-state index contributed by atoms with van der Waals surface area (Å²) in [6, 6.07) is 10.5. The maximum absolute atomic E-state index is 12.7. The van der Waals surface area contributed by atoms with Crippen molar-refractivity contribution in [2.75, 3.05) is 35.3 Å². The normalized spacial score (nSPS) is 15.1. The lowest BCUT2D eigenvalue weighted by molar-refractivity contribution is -0.118. The van der Waals surface area contributed by atoms with Crippen LogP contribution in [0.15, 0.2) is 47.1 Å². The monoisotopic (exact) mass is 401 g/mol. The van der Waals surface area contributed by atoms with Crippen LogP contribution in [0.2, 0.25) is 0 Å². The number of carbonyl (C=O) groups is 2. The predicted molar refractivity (Wildman–Crippen MR) is 114 cm³/mol. The first-order chi connectivity index (χ1) is 13.7. The second kappa shape index (κ2) is 10.2. The molecule has 1 aromatic carbocycles. The van der Waals surface area contributed by atoms with Gasteiger partial charge in [-0.05, 0) is 74.1 Å². The molecular formula is C21H27N3O3S. The number of benzene rings is 1. The van der Waals surface area contributed by atoms with Gasteiger partial charge in [0.15, 0.2) is 5.76 Å². The zero-order chi connectivity index (χ0) is 19.8. The van der Waals surface area contributed by atoms with Crippen LogP contribution >= 0.6 is 11.8 Å². The highest BCUT2D eigenvalue weighted by molar-refractivity contribution is 7.98. The van der Waals surface area contributed by atoms with Gasteiger partial charge >= 0.3 is 0 Å². The van der Waals surface area contributed by atoms with Crippen molar-refractivity contribution in [1.82, 2.24) is 5.32 Å². The maximum Gasteiger partial charge on any atom is 0.287 e. The van der Waals surface area contributed by atoms with Gasteiger partial charge in [-0.15, -0.1) is 0 Å². The Morgan fingerprint density at radius 1 is 1.14 bits per heavy atom. The van der Waals surface area contributed by atoms with Gasteiger partial charge in [-0.25, -0.2) is 0 Å². The van der Waals surface area contributed by atoms with Gasteiger partial charge in [-0.2, -0.15) is 11.8 Å². The summed E-state index contributed by atoms with van der Waals surface area (Å²) < 4.78 is 5.12. The zero-order valence-corrected chi connectivity index (χ0v) is 17.0. The summed E-state index contributed by atoms with van der Waals surface area (Å²) in [6.07, 6.45) is 7.71. The Bertz CT molecular complexity index is 756. The van der Waals surface area contributed by atoms with E-state index in [9.17, 15) is 9.59 Å². The molecule has 3 rings (SSSR count). The molecule has 2 aromatic rings. The van der Waals surface area contributed by atoms with Crippen molar-refractivity contribution in [2.45, 2.75) is 31.7 Å². The molecule has 1 aromatic heterocycles. The number of piperidine rings is 1. The van der Waals surface area contributed by atoms with Crippen molar-refractivity contribution in [3.63, 3.8) is 0 Å². The first-order valence-corrected chi connectivity index (χ1v) is 11.1. The molecule has 1 aliphatic heterocycles. The van der Waals surface area contributed by atoms with E-state index in [1.165, 1.54) is 31.2 Å². The van der Waals surface area contributed by atoms with Gasteiger partial charge in [0.05, 0.1) is 6.26 Å². The molecule has 1 saturated heterocycles. The summed E-state index contributed by atoms with van der Waals surface area (Å²) in [5.74, 6) is 0.365. The molecule has 1 unspecified atom stereocenters. The van der Waals surface area contributed by atoms with Crippen LogP contribution in [-0.4, -0.2) is 43.0 Å². The molecule has 0 radical (unpaired) electrons. The van der Waals surface area contributed by atoms with E-state index < -0.39 is 6.04 Å². The summed E-state index contributed by atoms with van der Waals surface area (Å²) in [6.45, 7) is 2.17. The van der Waals surface area contributed by atoms with Crippen molar-refractivity contribution >= 4 is 35.0 Å². The Balaban J connectivity index is 1.61. The summed E-state index contributed by atoms with van der Waals surface area (Å²) in [5.41, 5.74) is 1.91. The van der Waals surface area contributed by atoms with Gasteiger partial charge in [0.2, 0.25) is 5.91 Å². The SMILES string of the molecule is CSCCC(NC(=O)c1ccco1)C(=O)Nc1ccc(N2CCCCC2)cc1. The van der Waals surface area contributed by atoms with Crippen LogP contribution in [0.3, 0.4) is 0 Å². The number of nitrogens with zero attached hydrogens (tertiary/aromatic N) is 1. The van der Waals surface area contributed by atoms with Gasteiger partial charge in [0, 0.05) is 24.5 Å². The van der Waals surface area contributed by atoms with Crippen LogP contribution < -0.4 is 15.5 Å². The molecule has 150 valence electrons. The van der Waals surface area contributed by atoms with Gasteiger partial charge in [0.1, 0.15) is 6.04 Å². The average Bonchev–Trinajstić information content (AvgIpc) is 3.27. The predicted octanol–water partition coefficient (Wildman–Crippen LogP) is 3.76. The molecule has 2 heterocycles. The topological polar surface area (TPSA) is 74.6 Å².